The van der Waals surface area contributed by atoms with Crippen molar-refractivity contribution >= 4 is 17.6 Å². The molecule has 7 heteroatoms. The van der Waals surface area contributed by atoms with Crippen molar-refractivity contribution in [3.8, 4) is 5.75 Å². The average molecular weight is 288 g/mol. The summed E-state index contributed by atoms with van der Waals surface area (Å²) in [5.74, 6) is -2.41. The van der Waals surface area contributed by atoms with Crippen LogP contribution in [0.15, 0.2) is 35.1 Å². The molecule has 4 N–H and O–H groups in total. The zero-order valence-corrected chi connectivity index (χ0v) is 11.0. The van der Waals surface area contributed by atoms with Gasteiger partial charge in [0.1, 0.15) is 16.9 Å². The molecule has 0 aliphatic rings. The van der Waals surface area contributed by atoms with Gasteiger partial charge in [0, 0.05) is 17.4 Å². The van der Waals surface area contributed by atoms with E-state index in [2.05, 4.69) is 10.3 Å². The molecule has 0 aliphatic carbocycles. The Balaban J connectivity index is 2.26. The van der Waals surface area contributed by atoms with Gasteiger partial charge in [0.05, 0.1) is 0 Å². The van der Waals surface area contributed by atoms with E-state index in [0.717, 1.165) is 12.1 Å². The Labute approximate surface area is 118 Å². The normalized spacial score (nSPS) is 10.1. The van der Waals surface area contributed by atoms with Gasteiger partial charge in [-0.2, -0.15) is 0 Å². The molecule has 0 aliphatic heterocycles. The van der Waals surface area contributed by atoms with Crippen molar-refractivity contribution < 1.29 is 19.8 Å². The van der Waals surface area contributed by atoms with Gasteiger partial charge < -0.3 is 20.5 Å². The molecule has 2 aromatic rings. The van der Waals surface area contributed by atoms with Crippen LogP contribution in [0.2, 0.25) is 0 Å². The predicted octanol–water partition coefficient (Wildman–Crippen LogP) is 1.34. The molecule has 0 saturated carbocycles. The van der Waals surface area contributed by atoms with Gasteiger partial charge in [0.25, 0.3) is 11.5 Å². The molecule has 0 saturated heterocycles. The van der Waals surface area contributed by atoms with Crippen LogP contribution < -0.4 is 10.9 Å². The van der Waals surface area contributed by atoms with Gasteiger partial charge in [-0.25, -0.2) is 4.79 Å². The maximum atomic E-state index is 11.9. The summed E-state index contributed by atoms with van der Waals surface area (Å²) >= 11 is 0. The fraction of sp³-hybridized carbons (Fsp3) is 0.0714. The summed E-state index contributed by atoms with van der Waals surface area (Å²) in [7, 11) is 0. The summed E-state index contributed by atoms with van der Waals surface area (Å²) in [4.78, 5) is 36.8. The van der Waals surface area contributed by atoms with Gasteiger partial charge in [0.15, 0.2) is 0 Å². The predicted molar refractivity (Wildman–Crippen MR) is 74.8 cm³/mol. The number of carboxylic acids is 1. The second-order valence-electron chi connectivity index (χ2n) is 4.38. The molecule has 0 bridgehead atoms. The van der Waals surface area contributed by atoms with Crippen molar-refractivity contribution in [3.05, 3.63) is 57.5 Å². The quantitative estimate of drug-likeness (QED) is 0.679. The van der Waals surface area contributed by atoms with E-state index < -0.39 is 23.2 Å². The summed E-state index contributed by atoms with van der Waals surface area (Å²) in [6.45, 7) is 1.69. The first-order valence-electron chi connectivity index (χ1n) is 5.96. The monoisotopic (exact) mass is 288 g/mol. The summed E-state index contributed by atoms with van der Waals surface area (Å²) in [5, 5.41) is 20.7. The lowest BCUT2D eigenvalue weighted by molar-refractivity contribution is 0.0693. The molecule has 108 valence electrons. The molecule has 1 aromatic heterocycles. The van der Waals surface area contributed by atoms with E-state index in [9.17, 15) is 19.5 Å². The SMILES string of the molecule is Cc1ccc(C(=O)Nc2ccc(C(=O)O)c(O)c2)c(=O)[nH]1. The third-order valence-electron chi connectivity index (χ3n) is 2.79. The van der Waals surface area contributed by atoms with E-state index in [1.165, 1.54) is 12.1 Å². The number of aromatic nitrogens is 1. The lowest BCUT2D eigenvalue weighted by Crippen LogP contribution is -2.23. The Bertz CT molecular complexity index is 779. The molecule has 1 heterocycles. The van der Waals surface area contributed by atoms with Crippen molar-refractivity contribution in [2.75, 3.05) is 5.32 Å². The van der Waals surface area contributed by atoms with Crippen LogP contribution in [0.25, 0.3) is 0 Å². The fourth-order valence-corrected chi connectivity index (χ4v) is 1.74. The molecule has 0 radical (unpaired) electrons. The lowest BCUT2D eigenvalue weighted by Gasteiger charge is -2.07. The number of aromatic hydroxyl groups is 1. The molecule has 2 rings (SSSR count). The average Bonchev–Trinajstić information content (AvgIpc) is 2.37. The minimum absolute atomic E-state index is 0.0811. The molecule has 1 amide bonds. The van der Waals surface area contributed by atoms with E-state index in [1.807, 2.05) is 0 Å². The number of carboxylic acid groups (broad SMARTS) is 1. The number of aryl methyl sites for hydroxylation is 1. The maximum absolute atomic E-state index is 11.9. The Morgan fingerprint density at radius 3 is 2.38 bits per heavy atom. The number of carbonyl (C=O) groups excluding carboxylic acids is 1. The number of pyridine rings is 1. The van der Waals surface area contributed by atoms with Crippen molar-refractivity contribution in [3.63, 3.8) is 0 Å². The molecule has 21 heavy (non-hydrogen) atoms. The van der Waals surface area contributed by atoms with Gasteiger partial charge in [0.2, 0.25) is 0 Å². The van der Waals surface area contributed by atoms with Crippen LogP contribution in [-0.4, -0.2) is 27.1 Å². The first-order valence-corrected chi connectivity index (χ1v) is 5.96. The third kappa shape index (κ3) is 3.08. The number of aromatic amines is 1. The number of nitrogens with one attached hydrogen (secondary N) is 2. The number of amides is 1. The van der Waals surface area contributed by atoms with Gasteiger partial charge in [-0.3, -0.25) is 9.59 Å². The second kappa shape index (κ2) is 5.49. The van der Waals surface area contributed by atoms with Crippen LogP contribution in [0.3, 0.4) is 0 Å². The van der Waals surface area contributed by atoms with E-state index in [-0.39, 0.29) is 16.8 Å². The maximum Gasteiger partial charge on any atom is 0.339 e. The van der Waals surface area contributed by atoms with Crippen molar-refractivity contribution in [1.82, 2.24) is 4.98 Å². The summed E-state index contributed by atoms with van der Waals surface area (Å²) in [6, 6.07) is 6.55. The van der Waals surface area contributed by atoms with Crippen molar-refractivity contribution in [2.24, 2.45) is 0 Å². The first kappa shape index (κ1) is 14.3. The van der Waals surface area contributed by atoms with Crippen LogP contribution in [0.5, 0.6) is 5.75 Å². The number of rotatable bonds is 3. The van der Waals surface area contributed by atoms with E-state index in [0.29, 0.717) is 5.69 Å². The number of benzene rings is 1. The molecule has 1 aromatic carbocycles. The fourth-order valence-electron chi connectivity index (χ4n) is 1.74. The molecule has 0 atom stereocenters. The summed E-state index contributed by atoms with van der Waals surface area (Å²) in [5.41, 5.74) is -0.0788. The minimum atomic E-state index is -1.28. The van der Waals surface area contributed by atoms with E-state index in [4.69, 9.17) is 5.11 Å². The number of carbonyl (C=O) groups is 2. The number of hydrogen-bond donors (Lipinski definition) is 4. The van der Waals surface area contributed by atoms with Gasteiger partial charge in [-0.05, 0) is 31.2 Å². The number of H-pyrrole nitrogens is 1. The first-order chi connectivity index (χ1) is 9.88. The van der Waals surface area contributed by atoms with Crippen LogP contribution in [0.4, 0.5) is 5.69 Å². The number of phenols is 1. The summed E-state index contributed by atoms with van der Waals surface area (Å²) in [6.07, 6.45) is 0. The topological polar surface area (TPSA) is 119 Å². The van der Waals surface area contributed by atoms with E-state index >= 15 is 0 Å². The second-order valence-corrected chi connectivity index (χ2v) is 4.38. The van der Waals surface area contributed by atoms with Gasteiger partial charge >= 0.3 is 5.97 Å². The van der Waals surface area contributed by atoms with Crippen LogP contribution >= 0.6 is 0 Å². The highest BCUT2D eigenvalue weighted by molar-refractivity contribution is 6.04. The highest BCUT2D eigenvalue weighted by atomic mass is 16.4. The third-order valence-corrected chi connectivity index (χ3v) is 2.79. The van der Waals surface area contributed by atoms with Crippen molar-refractivity contribution in [2.45, 2.75) is 6.92 Å². The minimum Gasteiger partial charge on any atom is -0.507 e. The lowest BCUT2D eigenvalue weighted by atomic mass is 10.1. The Kier molecular flexibility index (Phi) is 3.75. The van der Waals surface area contributed by atoms with Crippen LogP contribution in [0.1, 0.15) is 26.4 Å². The zero-order chi connectivity index (χ0) is 15.6. The Hall–Kier alpha value is -3.09. The zero-order valence-electron chi connectivity index (χ0n) is 11.0. The Morgan fingerprint density at radius 1 is 1.14 bits per heavy atom. The van der Waals surface area contributed by atoms with Crippen LogP contribution in [-0.2, 0) is 0 Å². The molecule has 0 spiro atoms. The molecule has 0 fully saturated rings. The van der Waals surface area contributed by atoms with Crippen LogP contribution in [0, 0.1) is 6.92 Å². The van der Waals surface area contributed by atoms with Crippen molar-refractivity contribution in [1.29, 1.82) is 0 Å². The molecule has 7 nitrogen and oxygen atoms in total. The number of anilines is 1. The number of aromatic carboxylic acids is 1. The highest BCUT2D eigenvalue weighted by Gasteiger charge is 2.13. The molecular formula is C14H12N2O5. The van der Waals surface area contributed by atoms with Gasteiger partial charge in [-0.1, -0.05) is 0 Å². The van der Waals surface area contributed by atoms with Gasteiger partial charge in [-0.15, -0.1) is 0 Å². The largest absolute Gasteiger partial charge is 0.507 e. The smallest absolute Gasteiger partial charge is 0.339 e. The highest BCUT2D eigenvalue weighted by Crippen LogP contribution is 2.22. The summed E-state index contributed by atoms with van der Waals surface area (Å²) < 4.78 is 0. The molecule has 0 unspecified atom stereocenters. The van der Waals surface area contributed by atoms with E-state index in [1.54, 1.807) is 13.0 Å². The number of hydrogen-bond acceptors (Lipinski definition) is 4. The molecular weight excluding hydrogens is 276 g/mol. The Morgan fingerprint density at radius 2 is 1.81 bits per heavy atom. The standard InChI is InChI=1S/C14H12N2O5/c1-7-2-4-10(12(18)15-7)13(19)16-8-3-5-9(14(20)21)11(17)6-8/h2-6,17H,1H3,(H,15,18)(H,16,19)(H,20,21).